The molecule has 6 aromatic rings. The number of nitrogens with two attached hydrogens (primary N) is 1. The zero-order chi connectivity index (χ0) is 31.1. The first-order valence-electron chi connectivity index (χ1n) is 14.6. The molecule has 7 rings (SSSR count). The molecule has 0 saturated carbocycles. The van der Waals surface area contributed by atoms with Crippen LogP contribution in [0.15, 0.2) is 82.8 Å². The van der Waals surface area contributed by atoms with Gasteiger partial charge in [-0.15, -0.1) is 0 Å². The number of methoxy groups -OCH3 is 1. The maximum absolute atomic E-state index is 13.5. The normalized spacial score (nSPS) is 14.3. The number of halogens is 1. The Balaban J connectivity index is 1.14. The lowest BCUT2D eigenvalue weighted by molar-refractivity contribution is 0.211. The molecule has 0 bridgehead atoms. The van der Waals surface area contributed by atoms with E-state index >= 15 is 0 Å². The molecule has 1 aliphatic rings. The van der Waals surface area contributed by atoms with E-state index in [1.54, 1.807) is 18.5 Å². The van der Waals surface area contributed by atoms with E-state index in [2.05, 4.69) is 37.3 Å². The number of likely N-dealkylation sites (tertiary alicyclic amines) is 1. The second kappa shape index (κ2) is 11.5. The van der Waals surface area contributed by atoms with Crippen molar-refractivity contribution < 1.29 is 9.13 Å². The Morgan fingerprint density at radius 2 is 1.78 bits per heavy atom. The summed E-state index contributed by atoms with van der Waals surface area (Å²) in [6.07, 6.45) is 6.12. The topological polar surface area (TPSA) is 141 Å². The van der Waals surface area contributed by atoms with Gasteiger partial charge in [-0.2, -0.15) is 0 Å². The fourth-order valence-electron chi connectivity index (χ4n) is 5.85. The van der Waals surface area contributed by atoms with Gasteiger partial charge in [0, 0.05) is 43.1 Å². The van der Waals surface area contributed by atoms with Crippen molar-refractivity contribution in [1.82, 2.24) is 29.4 Å². The van der Waals surface area contributed by atoms with E-state index in [-0.39, 0.29) is 11.8 Å². The lowest BCUT2D eigenvalue weighted by Gasteiger charge is -2.33. The maximum Gasteiger partial charge on any atom is 0.271 e. The van der Waals surface area contributed by atoms with Crippen molar-refractivity contribution in [3.8, 4) is 34.1 Å². The van der Waals surface area contributed by atoms with Crippen LogP contribution in [0.25, 0.3) is 39.5 Å². The van der Waals surface area contributed by atoms with E-state index in [4.69, 9.17) is 15.5 Å². The summed E-state index contributed by atoms with van der Waals surface area (Å²) in [5.41, 5.74) is 11.4. The predicted molar refractivity (Wildman–Crippen MR) is 170 cm³/mol. The minimum absolute atomic E-state index is 0.109. The van der Waals surface area contributed by atoms with Crippen molar-refractivity contribution in [3.63, 3.8) is 0 Å². The van der Waals surface area contributed by atoms with Gasteiger partial charge in [0.2, 0.25) is 0 Å². The molecule has 4 aromatic heterocycles. The molecule has 0 spiro atoms. The minimum atomic E-state index is -0.567. The highest BCUT2D eigenvalue weighted by Gasteiger charge is 2.26. The maximum atomic E-state index is 13.5. The highest BCUT2D eigenvalue weighted by molar-refractivity contribution is 5.87. The molecule has 11 nitrogen and oxygen atoms in total. The molecule has 0 amide bonds. The number of rotatable bonds is 8. The molecule has 2 aromatic carbocycles. The SMILES string of the molecule is COc1c(NC2CCN(Cc3ccc(-n4c(-c5cccnc5N)cc5ncc(-c6ccc(F)cn6)nc54)cc3)CC2)c(=O)c1=O. The van der Waals surface area contributed by atoms with Crippen molar-refractivity contribution in [1.29, 1.82) is 0 Å². The molecule has 5 heterocycles. The van der Waals surface area contributed by atoms with Crippen molar-refractivity contribution in [2.75, 3.05) is 31.2 Å². The lowest BCUT2D eigenvalue weighted by Crippen LogP contribution is -2.42. The van der Waals surface area contributed by atoms with Crippen LogP contribution in [0, 0.1) is 5.82 Å². The number of anilines is 2. The Kier molecular flexibility index (Phi) is 7.26. The van der Waals surface area contributed by atoms with Gasteiger partial charge in [0.1, 0.15) is 28.5 Å². The number of nitrogen functional groups attached to an aromatic ring is 1. The number of pyridine rings is 2. The monoisotopic (exact) mass is 604 g/mol. The Bertz CT molecular complexity index is 2080. The van der Waals surface area contributed by atoms with Crippen LogP contribution in [0.4, 0.5) is 15.9 Å². The Labute approximate surface area is 256 Å². The zero-order valence-corrected chi connectivity index (χ0v) is 24.4. The molecule has 12 heteroatoms. The van der Waals surface area contributed by atoms with Gasteiger partial charge in [-0.1, -0.05) is 12.1 Å². The van der Waals surface area contributed by atoms with Crippen LogP contribution < -0.4 is 26.6 Å². The third-order valence-corrected chi connectivity index (χ3v) is 8.22. The average molecular weight is 605 g/mol. The summed E-state index contributed by atoms with van der Waals surface area (Å²) >= 11 is 0. The summed E-state index contributed by atoms with van der Waals surface area (Å²) in [6.45, 7) is 2.46. The Morgan fingerprint density at radius 3 is 2.49 bits per heavy atom. The number of hydrogen-bond donors (Lipinski definition) is 2. The standard InChI is InChI=1S/C33H29FN8O3/c1-45-31-28(29(43)30(31)44)39-21-10-13-41(14-11-21)18-19-4-7-22(8-5-19)42-27(23-3-2-12-36-32(23)35)15-25-33(42)40-26(17-38-25)24-9-6-20(34)16-37-24/h2-9,12,15-17,21,39H,10-11,13-14,18H2,1H3,(H2,35,36). The Morgan fingerprint density at radius 1 is 0.978 bits per heavy atom. The van der Waals surface area contributed by atoms with Gasteiger partial charge in [-0.05, 0) is 60.9 Å². The van der Waals surface area contributed by atoms with Gasteiger partial charge in [-0.25, -0.2) is 14.4 Å². The summed E-state index contributed by atoms with van der Waals surface area (Å²) < 4.78 is 20.6. The molecular weight excluding hydrogens is 575 g/mol. The first kappa shape index (κ1) is 28.3. The van der Waals surface area contributed by atoms with Crippen LogP contribution in [0.2, 0.25) is 0 Å². The first-order valence-corrected chi connectivity index (χ1v) is 14.6. The molecule has 226 valence electrons. The minimum Gasteiger partial charge on any atom is -0.491 e. The highest BCUT2D eigenvalue weighted by atomic mass is 19.1. The third kappa shape index (κ3) is 5.29. The van der Waals surface area contributed by atoms with Crippen LogP contribution in [-0.4, -0.2) is 55.6 Å². The van der Waals surface area contributed by atoms with Gasteiger partial charge >= 0.3 is 0 Å². The molecule has 45 heavy (non-hydrogen) atoms. The molecular formula is C33H29FN8O3. The summed E-state index contributed by atoms with van der Waals surface area (Å²) in [4.78, 5) is 43.9. The first-order chi connectivity index (χ1) is 21.9. The largest absolute Gasteiger partial charge is 0.491 e. The second-order valence-corrected chi connectivity index (χ2v) is 11.1. The number of piperidine rings is 1. The Hall–Kier alpha value is -5.49. The number of ether oxygens (including phenoxy) is 1. The fourth-order valence-corrected chi connectivity index (χ4v) is 5.85. The van der Waals surface area contributed by atoms with Crippen molar-refractivity contribution >= 4 is 22.7 Å². The van der Waals surface area contributed by atoms with E-state index in [0.717, 1.165) is 61.2 Å². The summed E-state index contributed by atoms with van der Waals surface area (Å²) in [6, 6.07) is 17.0. The lowest BCUT2D eigenvalue weighted by atomic mass is 10.0. The molecule has 0 aliphatic carbocycles. The van der Waals surface area contributed by atoms with Gasteiger partial charge in [0.05, 0.1) is 30.9 Å². The highest BCUT2D eigenvalue weighted by Crippen LogP contribution is 2.33. The van der Waals surface area contributed by atoms with Crippen molar-refractivity contribution in [2.45, 2.75) is 25.4 Å². The van der Waals surface area contributed by atoms with Crippen LogP contribution in [0.1, 0.15) is 18.4 Å². The third-order valence-electron chi connectivity index (χ3n) is 8.22. The average Bonchev–Trinajstić information content (AvgIpc) is 3.44. The van der Waals surface area contributed by atoms with E-state index in [1.165, 1.54) is 13.2 Å². The van der Waals surface area contributed by atoms with E-state index in [1.807, 2.05) is 34.9 Å². The van der Waals surface area contributed by atoms with E-state index < -0.39 is 16.7 Å². The van der Waals surface area contributed by atoms with E-state index in [9.17, 15) is 14.0 Å². The number of fused-ring (bicyclic) bond motifs is 1. The second-order valence-electron chi connectivity index (χ2n) is 11.1. The number of hydrogen-bond acceptors (Lipinski definition) is 10. The summed E-state index contributed by atoms with van der Waals surface area (Å²) in [5, 5.41) is 3.21. The molecule has 0 atom stereocenters. The molecule has 0 unspecified atom stereocenters. The fraction of sp³-hybridized carbons (Fsp3) is 0.212. The van der Waals surface area contributed by atoms with Gasteiger partial charge < -0.3 is 15.8 Å². The number of nitrogens with one attached hydrogen (secondary N) is 1. The van der Waals surface area contributed by atoms with Gasteiger partial charge in [0.25, 0.3) is 10.9 Å². The van der Waals surface area contributed by atoms with Crippen LogP contribution >= 0.6 is 0 Å². The predicted octanol–water partition coefficient (Wildman–Crippen LogP) is 3.95. The molecule has 1 saturated heterocycles. The molecule has 1 fully saturated rings. The van der Waals surface area contributed by atoms with Crippen LogP contribution in [0.5, 0.6) is 5.75 Å². The van der Waals surface area contributed by atoms with E-state index in [0.29, 0.717) is 34.1 Å². The number of aromatic nitrogens is 5. The smallest absolute Gasteiger partial charge is 0.271 e. The van der Waals surface area contributed by atoms with Crippen molar-refractivity contribution in [3.05, 3.63) is 105 Å². The zero-order valence-electron chi connectivity index (χ0n) is 24.4. The van der Waals surface area contributed by atoms with Gasteiger partial charge in [-0.3, -0.25) is 29.0 Å². The van der Waals surface area contributed by atoms with Crippen LogP contribution in [-0.2, 0) is 6.54 Å². The molecule has 3 N–H and O–H groups in total. The molecule has 0 radical (unpaired) electrons. The number of nitrogens with zero attached hydrogens (tertiary/aromatic N) is 6. The number of benzene rings is 1. The summed E-state index contributed by atoms with van der Waals surface area (Å²) in [5.74, 6) is 0.0917. The van der Waals surface area contributed by atoms with Crippen LogP contribution in [0.3, 0.4) is 0 Å². The molecule has 1 aliphatic heterocycles. The quantitative estimate of drug-likeness (QED) is 0.245. The van der Waals surface area contributed by atoms with Crippen molar-refractivity contribution in [2.24, 2.45) is 0 Å². The van der Waals surface area contributed by atoms with Gasteiger partial charge in [0.15, 0.2) is 11.4 Å². The summed E-state index contributed by atoms with van der Waals surface area (Å²) in [7, 11) is 1.40.